The van der Waals surface area contributed by atoms with Crippen LogP contribution in [0.4, 0.5) is 28.0 Å². The Balaban J connectivity index is 1.35. The molecule has 10 nitrogen and oxygen atoms in total. The second-order valence-corrected chi connectivity index (χ2v) is 10.9. The number of likely N-dealkylation sites (tertiary alicyclic amines) is 1. The highest BCUT2D eigenvalue weighted by Crippen LogP contribution is 2.41. The lowest BCUT2D eigenvalue weighted by Crippen LogP contribution is -2.60. The first-order valence-corrected chi connectivity index (χ1v) is 13.3. The van der Waals surface area contributed by atoms with Crippen LogP contribution >= 0.6 is 0 Å². The lowest BCUT2D eigenvalue weighted by atomic mass is 9.85. The number of nitrogens with one attached hydrogen (secondary N) is 2. The number of amides is 5. The molecule has 2 fully saturated rings. The van der Waals surface area contributed by atoms with Crippen molar-refractivity contribution in [2.24, 2.45) is 5.92 Å². The largest absolute Gasteiger partial charge is 0.416 e. The standard InChI is InChI=1S/C28H28F4N6O4/c1-15(2)22(34-23(39)19-12-17(28(30,31)32)5-7-20(19)29)24(40)37-10-8-27(9-11-37)25(41)36(3)26(42)38(27)18-6-4-16-14-33-35-21(16)13-18/h4-7,12-15,22H,8-11H2,1-3H3,(H,33,35)(H,34,39)/t22-/m1/s1. The molecule has 0 saturated carbocycles. The van der Waals surface area contributed by atoms with Crippen molar-refractivity contribution < 1.29 is 36.7 Å². The number of benzene rings is 2. The summed E-state index contributed by atoms with van der Waals surface area (Å²) in [7, 11) is 1.40. The van der Waals surface area contributed by atoms with E-state index in [9.17, 15) is 36.7 Å². The van der Waals surface area contributed by atoms with Crippen molar-refractivity contribution in [2.75, 3.05) is 25.0 Å². The molecule has 3 aromatic rings. The van der Waals surface area contributed by atoms with Crippen molar-refractivity contribution in [2.45, 2.75) is 44.4 Å². The number of hydrogen-bond donors (Lipinski definition) is 2. The summed E-state index contributed by atoms with van der Waals surface area (Å²) in [5, 5.41) is 10.1. The SMILES string of the molecule is CC(C)[C@@H](NC(=O)c1cc(C(F)(F)F)ccc1F)C(=O)N1CCC2(CC1)C(=O)N(C)C(=O)N2c1ccc2cn[nH]c2c1. The van der Waals surface area contributed by atoms with Gasteiger partial charge < -0.3 is 10.2 Å². The van der Waals surface area contributed by atoms with Gasteiger partial charge in [-0.15, -0.1) is 0 Å². The van der Waals surface area contributed by atoms with E-state index in [0.29, 0.717) is 29.4 Å². The summed E-state index contributed by atoms with van der Waals surface area (Å²) in [5.74, 6) is -3.74. The molecule has 1 atom stereocenters. The fourth-order valence-corrected chi connectivity index (χ4v) is 5.59. The monoisotopic (exact) mass is 588 g/mol. The molecule has 1 spiro atoms. The maximum Gasteiger partial charge on any atom is 0.416 e. The van der Waals surface area contributed by atoms with Crippen LogP contribution in [0.25, 0.3) is 10.9 Å². The van der Waals surface area contributed by atoms with Gasteiger partial charge in [0.25, 0.3) is 11.8 Å². The van der Waals surface area contributed by atoms with Crippen molar-refractivity contribution in [3.8, 4) is 0 Å². The number of likely N-dealkylation sites (N-methyl/N-ethyl adjacent to an activating group) is 1. The average molecular weight is 589 g/mol. The van der Waals surface area contributed by atoms with Gasteiger partial charge in [-0.3, -0.25) is 29.3 Å². The van der Waals surface area contributed by atoms with Crippen LogP contribution in [-0.4, -0.2) is 75.5 Å². The van der Waals surface area contributed by atoms with E-state index in [1.165, 1.54) is 16.8 Å². The van der Waals surface area contributed by atoms with E-state index < -0.39 is 64.4 Å². The van der Waals surface area contributed by atoms with Gasteiger partial charge in [-0.25, -0.2) is 9.18 Å². The Bertz CT molecular complexity index is 1580. The van der Waals surface area contributed by atoms with Gasteiger partial charge >= 0.3 is 12.2 Å². The van der Waals surface area contributed by atoms with Crippen molar-refractivity contribution in [1.29, 1.82) is 0 Å². The number of fused-ring (bicyclic) bond motifs is 1. The number of H-pyrrole nitrogens is 1. The fourth-order valence-electron chi connectivity index (χ4n) is 5.59. The van der Waals surface area contributed by atoms with Crippen LogP contribution in [0.5, 0.6) is 0 Å². The summed E-state index contributed by atoms with van der Waals surface area (Å²) in [6, 6.07) is 5.04. The van der Waals surface area contributed by atoms with Crippen LogP contribution in [0.1, 0.15) is 42.6 Å². The smallest absolute Gasteiger partial charge is 0.341 e. The molecule has 0 aliphatic carbocycles. The molecule has 2 saturated heterocycles. The van der Waals surface area contributed by atoms with Crippen molar-refractivity contribution >= 4 is 40.3 Å². The first kappa shape index (κ1) is 29.0. The topological polar surface area (TPSA) is 119 Å². The van der Waals surface area contributed by atoms with E-state index in [-0.39, 0.29) is 25.9 Å². The molecular formula is C28H28F4N6O4. The molecule has 0 bridgehead atoms. The Morgan fingerprint density at radius 3 is 2.40 bits per heavy atom. The molecule has 3 heterocycles. The number of halogens is 4. The number of hydrogen-bond acceptors (Lipinski definition) is 5. The number of carbonyl (C=O) groups excluding carboxylic acids is 4. The Morgan fingerprint density at radius 1 is 1.07 bits per heavy atom. The molecule has 2 aromatic carbocycles. The summed E-state index contributed by atoms with van der Waals surface area (Å²) in [4.78, 5) is 57.0. The van der Waals surface area contributed by atoms with Crippen LogP contribution in [0.2, 0.25) is 0 Å². The van der Waals surface area contributed by atoms with Crippen molar-refractivity contribution in [3.63, 3.8) is 0 Å². The van der Waals surface area contributed by atoms with Crippen LogP contribution < -0.4 is 10.2 Å². The van der Waals surface area contributed by atoms with E-state index in [0.717, 1.165) is 10.3 Å². The van der Waals surface area contributed by atoms with Crippen LogP contribution in [0.3, 0.4) is 0 Å². The average Bonchev–Trinajstić information content (AvgIpc) is 3.48. The molecule has 2 N–H and O–H groups in total. The molecule has 222 valence electrons. The predicted molar refractivity (Wildman–Crippen MR) is 143 cm³/mol. The molecule has 0 unspecified atom stereocenters. The normalized spacial score (nSPS) is 18.0. The number of aromatic amines is 1. The number of carbonyl (C=O) groups is 4. The molecule has 0 radical (unpaired) electrons. The summed E-state index contributed by atoms with van der Waals surface area (Å²) >= 11 is 0. The summed E-state index contributed by atoms with van der Waals surface area (Å²) in [6.07, 6.45) is -2.94. The minimum Gasteiger partial charge on any atom is -0.341 e. The summed E-state index contributed by atoms with van der Waals surface area (Å²) < 4.78 is 53.8. The molecule has 1 aromatic heterocycles. The van der Waals surface area contributed by atoms with E-state index in [1.54, 1.807) is 38.2 Å². The zero-order chi connectivity index (χ0) is 30.6. The summed E-state index contributed by atoms with van der Waals surface area (Å²) in [6.45, 7) is 3.40. The molecule has 2 aliphatic rings. The molecule has 5 amide bonds. The highest BCUT2D eigenvalue weighted by molar-refractivity contribution is 6.17. The number of piperidine rings is 1. The van der Waals surface area contributed by atoms with Gasteiger partial charge in [-0.1, -0.05) is 13.8 Å². The Kier molecular flexibility index (Phi) is 7.19. The maximum atomic E-state index is 14.3. The van der Waals surface area contributed by atoms with Gasteiger partial charge in [-0.2, -0.15) is 18.3 Å². The number of rotatable bonds is 5. The molecule has 42 heavy (non-hydrogen) atoms. The number of nitrogens with zero attached hydrogens (tertiary/aromatic N) is 4. The summed E-state index contributed by atoms with van der Waals surface area (Å²) in [5.41, 5.74) is -2.10. The molecule has 14 heteroatoms. The van der Waals surface area contributed by atoms with Gasteiger partial charge in [0.2, 0.25) is 5.91 Å². The minimum atomic E-state index is -4.79. The lowest BCUT2D eigenvalue weighted by Gasteiger charge is -2.43. The first-order chi connectivity index (χ1) is 19.7. The second-order valence-electron chi connectivity index (χ2n) is 10.9. The first-order valence-electron chi connectivity index (χ1n) is 13.3. The van der Waals surface area contributed by atoms with Gasteiger partial charge in [0.1, 0.15) is 17.4 Å². The van der Waals surface area contributed by atoms with Crippen LogP contribution in [0, 0.1) is 11.7 Å². The van der Waals surface area contributed by atoms with E-state index in [1.807, 2.05) is 0 Å². The number of aromatic nitrogens is 2. The minimum absolute atomic E-state index is 0.0610. The van der Waals surface area contributed by atoms with Crippen LogP contribution in [-0.2, 0) is 15.8 Å². The predicted octanol–water partition coefficient (Wildman–Crippen LogP) is 3.94. The van der Waals surface area contributed by atoms with E-state index >= 15 is 0 Å². The number of anilines is 1. The highest BCUT2D eigenvalue weighted by atomic mass is 19.4. The van der Waals surface area contributed by atoms with Crippen molar-refractivity contribution in [1.82, 2.24) is 25.3 Å². The fraction of sp³-hybridized carbons (Fsp3) is 0.393. The third kappa shape index (κ3) is 4.84. The second kappa shape index (κ2) is 10.4. The Hall–Kier alpha value is -4.49. The quantitative estimate of drug-likeness (QED) is 0.346. The van der Waals surface area contributed by atoms with Crippen molar-refractivity contribution in [3.05, 3.63) is 59.5 Å². The zero-order valence-electron chi connectivity index (χ0n) is 23.0. The van der Waals surface area contributed by atoms with E-state index in [4.69, 9.17) is 0 Å². The molecule has 5 rings (SSSR count). The highest BCUT2D eigenvalue weighted by Gasteiger charge is 2.58. The third-order valence-electron chi connectivity index (χ3n) is 7.95. The number of alkyl halides is 3. The van der Waals surface area contributed by atoms with Gasteiger partial charge in [0, 0.05) is 31.2 Å². The third-order valence-corrected chi connectivity index (χ3v) is 7.95. The van der Waals surface area contributed by atoms with E-state index in [2.05, 4.69) is 15.5 Å². The van der Waals surface area contributed by atoms with Gasteiger partial charge in [0.15, 0.2) is 0 Å². The maximum absolute atomic E-state index is 14.3. The number of urea groups is 1. The molecule has 2 aliphatic heterocycles. The molecular weight excluding hydrogens is 560 g/mol. The van der Waals surface area contributed by atoms with Crippen LogP contribution in [0.15, 0.2) is 42.6 Å². The number of imide groups is 1. The van der Waals surface area contributed by atoms with Gasteiger partial charge in [0.05, 0.1) is 22.8 Å². The Morgan fingerprint density at radius 2 is 1.76 bits per heavy atom. The lowest BCUT2D eigenvalue weighted by molar-refractivity contribution is -0.139. The van der Waals surface area contributed by atoms with Gasteiger partial charge in [-0.05, 0) is 55.2 Å². The zero-order valence-corrected chi connectivity index (χ0v) is 23.0. The Labute approximate surface area is 237 Å².